The number of nitrogen functional groups attached to an aromatic ring is 1. The van der Waals surface area contributed by atoms with Crippen LogP contribution in [-0.2, 0) is 0 Å². The molecule has 0 bridgehead atoms. The summed E-state index contributed by atoms with van der Waals surface area (Å²) in [6, 6.07) is 5.66. The number of aryl methyl sites for hydroxylation is 1. The van der Waals surface area contributed by atoms with Crippen molar-refractivity contribution in [3.8, 4) is 0 Å². The monoisotopic (exact) mass is 220 g/mol. The van der Waals surface area contributed by atoms with Crippen molar-refractivity contribution < 1.29 is 5.11 Å². The SMILES string of the molecule is Cc1cnc(N)c(C(O)c2cccs2)c1. The molecule has 3 N–H and O–H groups in total. The molecule has 2 aromatic rings. The molecule has 0 saturated heterocycles. The molecule has 0 spiro atoms. The first kappa shape index (κ1) is 10.1. The van der Waals surface area contributed by atoms with E-state index in [-0.39, 0.29) is 0 Å². The molecule has 78 valence electrons. The summed E-state index contributed by atoms with van der Waals surface area (Å²) in [7, 11) is 0. The zero-order valence-electron chi connectivity index (χ0n) is 8.34. The minimum Gasteiger partial charge on any atom is -0.383 e. The van der Waals surface area contributed by atoms with Gasteiger partial charge in [0, 0.05) is 16.6 Å². The van der Waals surface area contributed by atoms with Crippen molar-refractivity contribution in [1.29, 1.82) is 0 Å². The van der Waals surface area contributed by atoms with Gasteiger partial charge in [-0.1, -0.05) is 6.07 Å². The molecule has 0 saturated carbocycles. The van der Waals surface area contributed by atoms with Gasteiger partial charge in [0.1, 0.15) is 11.9 Å². The lowest BCUT2D eigenvalue weighted by molar-refractivity contribution is 0.224. The number of anilines is 1. The molecule has 0 aliphatic rings. The molecule has 0 radical (unpaired) electrons. The normalized spacial score (nSPS) is 12.7. The topological polar surface area (TPSA) is 59.1 Å². The van der Waals surface area contributed by atoms with Gasteiger partial charge in [0.2, 0.25) is 0 Å². The number of nitrogens with two attached hydrogens (primary N) is 1. The maximum atomic E-state index is 10.1. The molecular weight excluding hydrogens is 208 g/mol. The van der Waals surface area contributed by atoms with Crippen LogP contribution in [0.4, 0.5) is 5.82 Å². The number of rotatable bonds is 2. The van der Waals surface area contributed by atoms with E-state index in [0.29, 0.717) is 11.4 Å². The maximum absolute atomic E-state index is 10.1. The van der Waals surface area contributed by atoms with Crippen molar-refractivity contribution in [1.82, 2.24) is 4.98 Å². The van der Waals surface area contributed by atoms with Gasteiger partial charge in [0.15, 0.2) is 0 Å². The highest BCUT2D eigenvalue weighted by Gasteiger charge is 2.15. The summed E-state index contributed by atoms with van der Waals surface area (Å²) in [5, 5.41) is 12.0. The smallest absolute Gasteiger partial charge is 0.129 e. The first-order chi connectivity index (χ1) is 7.18. The van der Waals surface area contributed by atoms with E-state index in [1.165, 1.54) is 11.3 Å². The maximum Gasteiger partial charge on any atom is 0.129 e. The number of aromatic nitrogens is 1. The fraction of sp³-hybridized carbons (Fsp3) is 0.182. The average Bonchev–Trinajstić information content (AvgIpc) is 2.74. The van der Waals surface area contributed by atoms with Crippen LogP contribution in [0.1, 0.15) is 22.1 Å². The summed E-state index contributed by atoms with van der Waals surface area (Å²) in [4.78, 5) is 4.92. The summed E-state index contributed by atoms with van der Waals surface area (Å²) in [5.41, 5.74) is 7.40. The van der Waals surface area contributed by atoms with E-state index in [4.69, 9.17) is 5.73 Å². The Bertz CT molecular complexity index is 454. The van der Waals surface area contributed by atoms with E-state index in [1.807, 2.05) is 30.5 Å². The number of hydrogen-bond acceptors (Lipinski definition) is 4. The summed E-state index contributed by atoms with van der Waals surface area (Å²) < 4.78 is 0. The van der Waals surface area contributed by atoms with E-state index in [1.54, 1.807) is 6.20 Å². The van der Waals surface area contributed by atoms with Crippen molar-refractivity contribution in [3.05, 3.63) is 45.8 Å². The van der Waals surface area contributed by atoms with Gasteiger partial charge in [0.25, 0.3) is 0 Å². The molecule has 0 aliphatic carbocycles. The molecule has 2 rings (SSSR count). The number of aliphatic hydroxyl groups excluding tert-OH is 1. The summed E-state index contributed by atoms with van der Waals surface area (Å²) in [5.74, 6) is 0.390. The molecule has 3 nitrogen and oxygen atoms in total. The molecule has 1 atom stereocenters. The zero-order valence-corrected chi connectivity index (χ0v) is 9.16. The van der Waals surface area contributed by atoms with Gasteiger partial charge in [-0.2, -0.15) is 0 Å². The standard InChI is InChI=1S/C11H12N2OS/c1-7-5-8(11(12)13-6-7)10(14)9-3-2-4-15-9/h2-6,10,14H,1H3,(H2,12,13). The van der Waals surface area contributed by atoms with Crippen molar-refractivity contribution in [2.75, 3.05) is 5.73 Å². The quantitative estimate of drug-likeness (QED) is 0.815. The second kappa shape index (κ2) is 4.00. The van der Waals surface area contributed by atoms with Crippen molar-refractivity contribution >= 4 is 17.2 Å². The van der Waals surface area contributed by atoms with E-state index in [2.05, 4.69) is 4.98 Å². The van der Waals surface area contributed by atoms with Crippen molar-refractivity contribution in [2.45, 2.75) is 13.0 Å². The molecular formula is C11H12N2OS. The largest absolute Gasteiger partial charge is 0.383 e. The van der Waals surface area contributed by atoms with Gasteiger partial charge in [-0.3, -0.25) is 0 Å². The van der Waals surface area contributed by atoms with E-state index in [0.717, 1.165) is 10.4 Å². The predicted molar refractivity (Wildman–Crippen MR) is 61.8 cm³/mol. The second-order valence-corrected chi connectivity index (χ2v) is 4.38. The summed E-state index contributed by atoms with van der Waals surface area (Å²) >= 11 is 1.51. The third-order valence-corrected chi connectivity index (χ3v) is 3.12. The van der Waals surface area contributed by atoms with Crippen LogP contribution in [0, 0.1) is 6.92 Å². The number of pyridine rings is 1. The van der Waals surface area contributed by atoms with Crippen LogP contribution in [0.3, 0.4) is 0 Å². The molecule has 15 heavy (non-hydrogen) atoms. The second-order valence-electron chi connectivity index (χ2n) is 3.41. The van der Waals surface area contributed by atoms with Crippen LogP contribution >= 0.6 is 11.3 Å². The van der Waals surface area contributed by atoms with Crippen molar-refractivity contribution in [3.63, 3.8) is 0 Å². The van der Waals surface area contributed by atoms with Gasteiger partial charge in [0.05, 0.1) is 0 Å². The lowest BCUT2D eigenvalue weighted by Crippen LogP contribution is -2.04. The highest BCUT2D eigenvalue weighted by molar-refractivity contribution is 7.10. The molecule has 0 aromatic carbocycles. The Morgan fingerprint density at radius 1 is 1.53 bits per heavy atom. The number of nitrogens with zero attached hydrogens (tertiary/aromatic N) is 1. The molecule has 0 fully saturated rings. The number of aliphatic hydroxyl groups is 1. The highest BCUT2D eigenvalue weighted by atomic mass is 32.1. The molecule has 4 heteroatoms. The minimum absolute atomic E-state index is 0.390. The van der Waals surface area contributed by atoms with Crippen LogP contribution in [-0.4, -0.2) is 10.1 Å². The van der Waals surface area contributed by atoms with Gasteiger partial charge in [-0.25, -0.2) is 4.98 Å². The fourth-order valence-electron chi connectivity index (χ4n) is 1.42. The van der Waals surface area contributed by atoms with E-state index in [9.17, 15) is 5.11 Å². The Morgan fingerprint density at radius 3 is 3.00 bits per heavy atom. The van der Waals surface area contributed by atoms with Crippen LogP contribution in [0.5, 0.6) is 0 Å². The summed E-state index contributed by atoms with van der Waals surface area (Å²) in [6.07, 6.45) is 1.03. The highest BCUT2D eigenvalue weighted by Crippen LogP contribution is 2.28. The Morgan fingerprint density at radius 2 is 2.33 bits per heavy atom. The molecule has 1 unspecified atom stereocenters. The average molecular weight is 220 g/mol. The van der Waals surface area contributed by atoms with Crippen LogP contribution in [0.25, 0.3) is 0 Å². The van der Waals surface area contributed by atoms with Gasteiger partial charge in [-0.05, 0) is 30.0 Å². The first-order valence-electron chi connectivity index (χ1n) is 4.62. The van der Waals surface area contributed by atoms with Crippen LogP contribution in [0.15, 0.2) is 29.8 Å². The lowest BCUT2D eigenvalue weighted by atomic mass is 10.1. The van der Waals surface area contributed by atoms with E-state index < -0.39 is 6.10 Å². The van der Waals surface area contributed by atoms with Gasteiger partial charge >= 0.3 is 0 Å². The summed E-state index contributed by atoms with van der Waals surface area (Å²) in [6.45, 7) is 1.93. The van der Waals surface area contributed by atoms with Gasteiger partial charge < -0.3 is 10.8 Å². The molecule has 0 amide bonds. The number of hydrogen-bond donors (Lipinski definition) is 2. The molecule has 2 heterocycles. The number of thiophene rings is 1. The Balaban J connectivity index is 2.41. The Hall–Kier alpha value is -1.39. The zero-order chi connectivity index (χ0) is 10.8. The minimum atomic E-state index is -0.669. The van der Waals surface area contributed by atoms with Crippen molar-refractivity contribution in [2.24, 2.45) is 0 Å². The predicted octanol–water partition coefficient (Wildman–Crippen LogP) is 2.12. The lowest BCUT2D eigenvalue weighted by Gasteiger charge is -2.11. The Labute approximate surface area is 92.2 Å². The third-order valence-electron chi connectivity index (χ3n) is 2.19. The Kier molecular flexibility index (Phi) is 2.70. The molecule has 0 aliphatic heterocycles. The van der Waals surface area contributed by atoms with Crippen LogP contribution < -0.4 is 5.73 Å². The van der Waals surface area contributed by atoms with E-state index >= 15 is 0 Å². The third kappa shape index (κ3) is 2.00. The van der Waals surface area contributed by atoms with Gasteiger partial charge in [-0.15, -0.1) is 11.3 Å². The first-order valence-corrected chi connectivity index (χ1v) is 5.50. The van der Waals surface area contributed by atoms with Crippen LogP contribution in [0.2, 0.25) is 0 Å². The molecule has 2 aromatic heterocycles. The fourth-order valence-corrected chi connectivity index (χ4v) is 2.15.